The summed E-state index contributed by atoms with van der Waals surface area (Å²) in [6, 6.07) is -3.09. The lowest BCUT2D eigenvalue weighted by molar-refractivity contribution is -0.363. The zero-order valence-corrected chi connectivity index (χ0v) is 27.3. The number of hydrogen-bond donors (Lipinski definition) is 13. The molecule has 4 heterocycles. The van der Waals surface area contributed by atoms with Gasteiger partial charge < -0.3 is 100.0 Å². The normalized spacial score (nSPS) is 48.5. The van der Waals surface area contributed by atoms with E-state index in [2.05, 4.69) is 10.6 Å². The first-order chi connectivity index (χ1) is 23.5. The van der Waals surface area contributed by atoms with Gasteiger partial charge in [-0.05, 0) is 6.92 Å². The van der Waals surface area contributed by atoms with Gasteiger partial charge in [0, 0.05) is 13.8 Å². The molecule has 290 valence electrons. The molecule has 4 saturated heterocycles. The Morgan fingerprint density at radius 2 is 1.06 bits per heavy atom. The van der Waals surface area contributed by atoms with Gasteiger partial charge in [0.1, 0.15) is 91.4 Å². The van der Waals surface area contributed by atoms with Crippen LogP contribution in [0.4, 0.5) is 0 Å². The van der Waals surface area contributed by atoms with Crippen molar-refractivity contribution in [3.8, 4) is 0 Å². The molecule has 0 spiro atoms. The number of aliphatic hydroxyl groups is 11. The fraction of sp³-hybridized carbons (Fsp3) is 0.929. The lowest BCUT2D eigenvalue weighted by atomic mass is 9.94. The van der Waals surface area contributed by atoms with Gasteiger partial charge in [-0.15, -0.1) is 0 Å². The van der Waals surface area contributed by atoms with Crippen molar-refractivity contribution in [2.24, 2.45) is 0 Å². The summed E-state index contributed by atoms with van der Waals surface area (Å²) in [4.78, 5) is 24.1. The molecule has 0 radical (unpaired) electrons. The second-order valence-corrected chi connectivity index (χ2v) is 12.6. The summed E-state index contributed by atoms with van der Waals surface area (Å²) in [7, 11) is 0. The summed E-state index contributed by atoms with van der Waals surface area (Å²) in [5.41, 5.74) is 0. The maximum Gasteiger partial charge on any atom is 0.217 e. The minimum absolute atomic E-state index is 0.630. The Kier molecular flexibility index (Phi) is 14.2. The van der Waals surface area contributed by atoms with Crippen LogP contribution >= 0.6 is 0 Å². The highest BCUT2D eigenvalue weighted by molar-refractivity contribution is 5.73. The zero-order valence-electron chi connectivity index (χ0n) is 27.3. The average molecular weight is 733 g/mol. The van der Waals surface area contributed by atoms with E-state index >= 15 is 0 Å². The third-order valence-electron chi connectivity index (χ3n) is 8.95. The largest absolute Gasteiger partial charge is 0.394 e. The monoisotopic (exact) mass is 732 g/mol. The molecule has 0 aliphatic carbocycles. The topological polar surface area (TPSA) is 345 Å². The number of hydrogen-bond acceptors (Lipinski definition) is 20. The van der Waals surface area contributed by atoms with Crippen LogP contribution in [0.25, 0.3) is 0 Å². The summed E-state index contributed by atoms with van der Waals surface area (Å²) in [6.45, 7) is 1.27. The van der Waals surface area contributed by atoms with Crippen LogP contribution < -0.4 is 10.6 Å². The third kappa shape index (κ3) is 8.87. The number of aliphatic hydroxyl groups excluding tert-OH is 11. The van der Waals surface area contributed by atoms with Crippen molar-refractivity contribution in [1.29, 1.82) is 0 Å². The molecule has 0 aromatic rings. The number of rotatable bonds is 11. The number of carbonyl (C=O) groups is 2. The third-order valence-corrected chi connectivity index (χ3v) is 8.95. The standard InChI is InChI=1S/C28H48N2O20/c1-7-15(35)19(39)21(41)27(45-7)44-6-12-24(17(37)13(25(43)46-12)29-8(2)33)49-26-14(30-9(3)34)18(38)23(11(5-32)48-26)50-28-22(42)20(40)16(36)10(4-31)47-28/h7,10-28,31-32,35-43H,4-6H2,1-3H3,(H,29,33)(H,30,34)/t7-,10?,11?,12?,13?,14?,15+,16?,17?,18?,19+,20?,21-,22?,23?,24?,25?,26?,27?,28?/m0/s1. The SMILES string of the molecule is CC(=O)NC1C(O)OC(COC2O[C@@H](C)[C@@H](O)[C@@H](O)[C@@H]2O)C(OC2OC(CO)C(OC3OC(CO)C(O)C(O)C3O)C(O)C2NC(C)=O)C1O. The molecule has 20 atom stereocenters. The van der Waals surface area contributed by atoms with Crippen LogP contribution in [0.15, 0.2) is 0 Å². The molecule has 4 fully saturated rings. The predicted molar refractivity (Wildman–Crippen MR) is 156 cm³/mol. The first-order valence-electron chi connectivity index (χ1n) is 15.9. The predicted octanol–water partition coefficient (Wildman–Crippen LogP) is -8.43. The van der Waals surface area contributed by atoms with Gasteiger partial charge in [0.25, 0.3) is 0 Å². The first kappa shape index (κ1) is 41.0. The van der Waals surface area contributed by atoms with Crippen molar-refractivity contribution in [2.75, 3.05) is 19.8 Å². The van der Waals surface area contributed by atoms with E-state index in [0.29, 0.717) is 0 Å². The second kappa shape index (κ2) is 17.4. The van der Waals surface area contributed by atoms with E-state index in [-0.39, 0.29) is 0 Å². The van der Waals surface area contributed by atoms with Crippen molar-refractivity contribution in [2.45, 2.75) is 143 Å². The minimum Gasteiger partial charge on any atom is -0.394 e. The fourth-order valence-electron chi connectivity index (χ4n) is 6.20. The lowest BCUT2D eigenvalue weighted by Crippen LogP contribution is -2.70. The number of carbonyl (C=O) groups excluding carboxylic acids is 2. The van der Waals surface area contributed by atoms with Crippen LogP contribution in [0.1, 0.15) is 20.8 Å². The molecule has 0 aromatic carbocycles. The molecule has 13 N–H and O–H groups in total. The average Bonchev–Trinajstić information content (AvgIpc) is 3.06. The van der Waals surface area contributed by atoms with E-state index in [4.69, 9.17) is 33.2 Å². The van der Waals surface area contributed by atoms with E-state index < -0.39 is 154 Å². The van der Waals surface area contributed by atoms with Crippen LogP contribution in [-0.2, 0) is 42.7 Å². The van der Waals surface area contributed by atoms with Crippen molar-refractivity contribution >= 4 is 11.8 Å². The Labute approximate surface area is 285 Å². The first-order valence-corrected chi connectivity index (χ1v) is 15.9. The molecule has 2 amide bonds. The number of nitrogens with one attached hydrogen (secondary N) is 2. The summed E-state index contributed by atoms with van der Waals surface area (Å²) < 4.78 is 39.5. The van der Waals surface area contributed by atoms with Crippen LogP contribution in [0, 0.1) is 0 Å². The van der Waals surface area contributed by atoms with E-state index in [1.807, 2.05) is 0 Å². The Morgan fingerprint density at radius 1 is 0.560 bits per heavy atom. The van der Waals surface area contributed by atoms with E-state index in [1.54, 1.807) is 0 Å². The Morgan fingerprint density at radius 3 is 1.66 bits per heavy atom. The molecule has 4 aliphatic heterocycles. The molecule has 0 bridgehead atoms. The molecule has 4 rings (SSSR count). The highest BCUT2D eigenvalue weighted by Crippen LogP contribution is 2.33. The summed E-state index contributed by atoms with van der Waals surface area (Å²) in [5.74, 6) is -1.41. The number of ether oxygens (including phenoxy) is 7. The Balaban J connectivity index is 1.58. The molecule has 22 heteroatoms. The summed E-state index contributed by atoms with van der Waals surface area (Å²) in [5, 5.41) is 119. The van der Waals surface area contributed by atoms with Crippen molar-refractivity contribution in [1.82, 2.24) is 10.6 Å². The zero-order chi connectivity index (χ0) is 37.2. The highest BCUT2D eigenvalue weighted by atomic mass is 16.8. The highest BCUT2D eigenvalue weighted by Gasteiger charge is 2.54. The van der Waals surface area contributed by atoms with Crippen molar-refractivity contribution in [3.63, 3.8) is 0 Å². The summed E-state index contributed by atoms with van der Waals surface area (Å²) >= 11 is 0. The molecule has 0 aromatic heterocycles. The molecular formula is C28H48N2O20. The molecule has 4 aliphatic rings. The van der Waals surface area contributed by atoms with Gasteiger partial charge in [0.2, 0.25) is 11.8 Å². The van der Waals surface area contributed by atoms with Crippen LogP contribution in [0.3, 0.4) is 0 Å². The second-order valence-electron chi connectivity index (χ2n) is 12.6. The Bertz CT molecular complexity index is 1120. The molecule has 16 unspecified atom stereocenters. The lowest BCUT2D eigenvalue weighted by Gasteiger charge is -2.49. The van der Waals surface area contributed by atoms with Crippen LogP contribution in [0.5, 0.6) is 0 Å². The number of amides is 2. The van der Waals surface area contributed by atoms with Crippen LogP contribution in [0.2, 0.25) is 0 Å². The quantitative estimate of drug-likeness (QED) is 0.0938. The van der Waals surface area contributed by atoms with Gasteiger partial charge in [-0.3, -0.25) is 9.59 Å². The van der Waals surface area contributed by atoms with E-state index in [1.165, 1.54) is 6.92 Å². The summed E-state index contributed by atoms with van der Waals surface area (Å²) in [6.07, 6.45) is -29.6. The van der Waals surface area contributed by atoms with Crippen molar-refractivity contribution < 1.29 is 98.9 Å². The molecule has 22 nitrogen and oxygen atoms in total. The van der Waals surface area contributed by atoms with E-state index in [0.717, 1.165) is 13.8 Å². The van der Waals surface area contributed by atoms with Gasteiger partial charge in [-0.25, -0.2) is 0 Å². The molecular weight excluding hydrogens is 684 g/mol. The van der Waals surface area contributed by atoms with Crippen molar-refractivity contribution in [3.05, 3.63) is 0 Å². The van der Waals surface area contributed by atoms with Gasteiger partial charge in [0.05, 0.1) is 25.9 Å². The minimum atomic E-state index is -1.90. The van der Waals surface area contributed by atoms with Gasteiger partial charge >= 0.3 is 0 Å². The fourth-order valence-corrected chi connectivity index (χ4v) is 6.20. The maximum absolute atomic E-state index is 12.3. The van der Waals surface area contributed by atoms with Gasteiger partial charge in [-0.2, -0.15) is 0 Å². The van der Waals surface area contributed by atoms with Gasteiger partial charge in [-0.1, -0.05) is 0 Å². The molecule has 0 saturated carbocycles. The Hall–Kier alpha value is -1.78. The maximum atomic E-state index is 12.3. The van der Waals surface area contributed by atoms with Gasteiger partial charge in [0.15, 0.2) is 25.2 Å². The van der Waals surface area contributed by atoms with Crippen LogP contribution in [-0.4, -0.2) is 211 Å². The molecule has 50 heavy (non-hydrogen) atoms. The van der Waals surface area contributed by atoms with E-state index in [9.17, 15) is 65.8 Å². The smallest absolute Gasteiger partial charge is 0.217 e.